The van der Waals surface area contributed by atoms with Gasteiger partial charge in [-0.15, -0.1) is 0 Å². The molecule has 0 fully saturated rings. The van der Waals surface area contributed by atoms with Gasteiger partial charge in [0.25, 0.3) is 0 Å². The molecular weight excluding hydrogens is 206 g/mol. The van der Waals surface area contributed by atoms with Gasteiger partial charge in [-0.2, -0.15) is 0 Å². The zero-order chi connectivity index (χ0) is 11.2. The first-order valence-electron chi connectivity index (χ1n) is 4.37. The summed E-state index contributed by atoms with van der Waals surface area (Å²) in [4.78, 5) is 10.3. The van der Waals surface area contributed by atoms with Crippen LogP contribution in [0.1, 0.15) is 19.8 Å². The molecule has 0 rings (SSSR count). The van der Waals surface area contributed by atoms with E-state index in [1.165, 1.54) is 6.92 Å². The molecule has 1 atom stereocenters. The van der Waals surface area contributed by atoms with Crippen molar-refractivity contribution in [2.45, 2.75) is 25.0 Å². The Balaban J connectivity index is 3.83. The van der Waals surface area contributed by atoms with E-state index in [-0.39, 0.29) is 19.5 Å². The highest BCUT2D eigenvalue weighted by Gasteiger charge is 2.17. The number of carbonyl (C=O) groups excluding carboxylic acids is 1. The molecule has 0 aliphatic rings. The van der Waals surface area contributed by atoms with Crippen LogP contribution in [-0.2, 0) is 14.8 Å². The van der Waals surface area contributed by atoms with Crippen LogP contribution in [0.3, 0.4) is 0 Å². The van der Waals surface area contributed by atoms with Crippen LogP contribution in [-0.4, -0.2) is 32.7 Å². The molecule has 6 nitrogen and oxygen atoms in total. The highest BCUT2D eigenvalue weighted by atomic mass is 32.2. The van der Waals surface area contributed by atoms with Crippen LogP contribution >= 0.6 is 0 Å². The second-order valence-corrected chi connectivity index (χ2v) is 5.24. The Hall–Kier alpha value is -0.660. The molecule has 0 radical (unpaired) electrons. The van der Waals surface area contributed by atoms with E-state index >= 15 is 0 Å². The smallest absolute Gasteiger partial charge is 0.217 e. The van der Waals surface area contributed by atoms with Gasteiger partial charge in [-0.3, -0.25) is 4.79 Å². The van der Waals surface area contributed by atoms with Crippen LogP contribution < -0.4 is 16.2 Å². The van der Waals surface area contributed by atoms with Crippen molar-refractivity contribution in [2.75, 3.05) is 13.1 Å². The molecule has 0 saturated carbocycles. The van der Waals surface area contributed by atoms with Crippen molar-refractivity contribution < 1.29 is 13.2 Å². The lowest BCUT2D eigenvalue weighted by Gasteiger charge is -2.10. The number of primary amides is 1. The van der Waals surface area contributed by atoms with E-state index in [1.807, 2.05) is 0 Å². The molecule has 0 aliphatic heterocycles. The van der Waals surface area contributed by atoms with Gasteiger partial charge in [0, 0.05) is 19.5 Å². The number of rotatable bonds is 7. The molecule has 0 aromatic rings. The van der Waals surface area contributed by atoms with E-state index in [9.17, 15) is 13.2 Å². The minimum atomic E-state index is -3.34. The van der Waals surface area contributed by atoms with Crippen molar-refractivity contribution in [1.29, 1.82) is 0 Å². The summed E-state index contributed by atoms with van der Waals surface area (Å²) in [5, 5.41) is -0.615. The Kier molecular flexibility index (Phi) is 5.66. The normalized spacial score (nSPS) is 13.9. The fraction of sp³-hybridized carbons (Fsp3) is 0.857. The molecule has 0 spiro atoms. The predicted octanol–water partition coefficient (Wildman–Crippen LogP) is -1.48. The Morgan fingerprint density at radius 2 is 2.07 bits per heavy atom. The first-order valence-corrected chi connectivity index (χ1v) is 5.91. The summed E-state index contributed by atoms with van der Waals surface area (Å²) in [5.41, 5.74) is 10.1. The summed E-state index contributed by atoms with van der Waals surface area (Å²) in [7, 11) is -3.34. The number of hydrogen-bond donors (Lipinski definition) is 3. The van der Waals surface area contributed by atoms with Crippen LogP contribution in [0.15, 0.2) is 0 Å². The second kappa shape index (κ2) is 5.94. The van der Waals surface area contributed by atoms with Crippen molar-refractivity contribution in [3.63, 3.8) is 0 Å². The number of amides is 1. The lowest BCUT2D eigenvalue weighted by atomic mass is 10.3. The summed E-state index contributed by atoms with van der Waals surface area (Å²) < 4.78 is 24.9. The third-order valence-electron chi connectivity index (χ3n) is 1.76. The Morgan fingerprint density at radius 1 is 1.50 bits per heavy atom. The van der Waals surface area contributed by atoms with Gasteiger partial charge in [-0.1, -0.05) is 0 Å². The molecule has 1 amide bonds. The van der Waals surface area contributed by atoms with Gasteiger partial charge in [-0.25, -0.2) is 13.1 Å². The molecule has 84 valence electrons. The standard InChI is InChI=1S/C7H17N3O3S/c1-6(5-8)14(12,13)10-4-2-3-7(9)11/h6,10H,2-5,8H2,1H3,(H2,9,11). The van der Waals surface area contributed by atoms with Gasteiger partial charge in [0.2, 0.25) is 15.9 Å². The van der Waals surface area contributed by atoms with Gasteiger partial charge in [0.1, 0.15) is 0 Å². The fourth-order valence-electron chi connectivity index (χ4n) is 0.746. The second-order valence-electron chi connectivity index (χ2n) is 3.06. The quantitative estimate of drug-likeness (QED) is 0.456. The number of carbonyl (C=O) groups is 1. The van der Waals surface area contributed by atoms with E-state index < -0.39 is 21.2 Å². The highest BCUT2D eigenvalue weighted by Crippen LogP contribution is 1.96. The average Bonchev–Trinajstić information content (AvgIpc) is 2.10. The van der Waals surface area contributed by atoms with Crippen molar-refractivity contribution in [3.05, 3.63) is 0 Å². The molecule has 0 heterocycles. The number of nitrogens with one attached hydrogen (secondary N) is 1. The molecule has 5 N–H and O–H groups in total. The maximum atomic E-state index is 11.3. The topological polar surface area (TPSA) is 115 Å². The zero-order valence-electron chi connectivity index (χ0n) is 8.19. The van der Waals surface area contributed by atoms with Gasteiger partial charge >= 0.3 is 0 Å². The van der Waals surface area contributed by atoms with E-state index in [0.717, 1.165) is 0 Å². The SMILES string of the molecule is CC(CN)S(=O)(=O)NCCCC(N)=O. The molecule has 14 heavy (non-hydrogen) atoms. The Labute approximate surface area is 84.1 Å². The average molecular weight is 223 g/mol. The van der Waals surface area contributed by atoms with Crippen LogP contribution in [0.2, 0.25) is 0 Å². The number of sulfonamides is 1. The van der Waals surface area contributed by atoms with E-state index in [0.29, 0.717) is 6.42 Å². The molecule has 0 aromatic heterocycles. The largest absolute Gasteiger partial charge is 0.370 e. The van der Waals surface area contributed by atoms with Crippen molar-refractivity contribution >= 4 is 15.9 Å². The Morgan fingerprint density at radius 3 is 2.50 bits per heavy atom. The maximum absolute atomic E-state index is 11.3. The fourth-order valence-corrected chi connectivity index (χ4v) is 1.71. The minimum absolute atomic E-state index is 0.0746. The van der Waals surface area contributed by atoms with Crippen molar-refractivity contribution in [1.82, 2.24) is 4.72 Å². The monoisotopic (exact) mass is 223 g/mol. The third kappa shape index (κ3) is 5.15. The first-order chi connectivity index (χ1) is 6.40. The lowest BCUT2D eigenvalue weighted by Crippen LogP contribution is -2.37. The van der Waals surface area contributed by atoms with Crippen molar-refractivity contribution in [2.24, 2.45) is 11.5 Å². The summed E-state index contributed by atoms with van der Waals surface area (Å²) in [6.07, 6.45) is 0.589. The van der Waals surface area contributed by atoms with Gasteiger partial charge < -0.3 is 11.5 Å². The van der Waals surface area contributed by atoms with Crippen LogP contribution in [0.4, 0.5) is 0 Å². The maximum Gasteiger partial charge on any atom is 0.217 e. The summed E-state index contributed by atoms with van der Waals surface area (Å²) in [6, 6.07) is 0. The molecule has 1 unspecified atom stereocenters. The molecule has 0 bridgehead atoms. The summed E-state index contributed by atoms with van der Waals surface area (Å²) in [5.74, 6) is -0.434. The van der Waals surface area contributed by atoms with E-state index in [1.54, 1.807) is 0 Å². The van der Waals surface area contributed by atoms with Crippen molar-refractivity contribution in [3.8, 4) is 0 Å². The van der Waals surface area contributed by atoms with E-state index in [4.69, 9.17) is 11.5 Å². The number of hydrogen-bond acceptors (Lipinski definition) is 4. The van der Waals surface area contributed by atoms with Crippen LogP contribution in [0.25, 0.3) is 0 Å². The molecule has 0 aromatic carbocycles. The number of nitrogens with two attached hydrogens (primary N) is 2. The molecule has 0 aliphatic carbocycles. The Bertz CT molecular complexity index is 276. The third-order valence-corrected chi connectivity index (χ3v) is 3.62. The van der Waals surface area contributed by atoms with Gasteiger partial charge in [0.15, 0.2) is 0 Å². The minimum Gasteiger partial charge on any atom is -0.370 e. The van der Waals surface area contributed by atoms with Crippen LogP contribution in [0, 0.1) is 0 Å². The predicted molar refractivity (Wildman–Crippen MR) is 53.9 cm³/mol. The summed E-state index contributed by atoms with van der Waals surface area (Å²) in [6.45, 7) is 1.82. The van der Waals surface area contributed by atoms with E-state index in [2.05, 4.69) is 4.72 Å². The summed E-state index contributed by atoms with van der Waals surface area (Å²) >= 11 is 0. The first kappa shape index (κ1) is 13.3. The van der Waals surface area contributed by atoms with Gasteiger partial charge in [0.05, 0.1) is 5.25 Å². The molecule has 0 saturated heterocycles. The molecular formula is C7H17N3O3S. The zero-order valence-corrected chi connectivity index (χ0v) is 9.01. The lowest BCUT2D eigenvalue weighted by molar-refractivity contribution is -0.118. The highest BCUT2D eigenvalue weighted by molar-refractivity contribution is 7.90. The van der Waals surface area contributed by atoms with Gasteiger partial charge in [-0.05, 0) is 13.3 Å². The molecule has 7 heteroatoms. The van der Waals surface area contributed by atoms with Crippen LogP contribution in [0.5, 0.6) is 0 Å².